The lowest BCUT2D eigenvalue weighted by atomic mass is 9.85. The average molecular weight is 475 g/mol. The van der Waals surface area contributed by atoms with E-state index in [2.05, 4.69) is 4.90 Å². The van der Waals surface area contributed by atoms with Gasteiger partial charge in [-0.25, -0.2) is 4.90 Å². The van der Waals surface area contributed by atoms with Crippen LogP contribution in [0.15, 0.2) is 54.6 Å². The molecular weight excluding hydrogens is 448 g/mol. The van der Waals surface area contributed by atoms with Crippen LogP contribution in [-0.2, 0) is 9.59 Å². The number of nitro benzene ring substituents is 1. The molecule has 4 aliphatic rings. The van der Waals surface area contributed by atoms with E-state index in [4.69, 9.17) is 4.74 Å². The Kier molecular flexibility index (Phi) is 5.01. The Morgan fingerprint density at radius 1 is 0.886 bits per heavy atom. The van der Waals surface area contributed by atoms with Crippen molar-refractivity contribution in [1.29, 1.82) is 0 Å². The number of fused-ring (bicyclic) bond motifs is 5. The van der Waals surface area contributed by atoms with E-state index in [1.165, 1.54) is 11.0 Å². The number of nitrogens with zero attached hydrogens (tertiary/aromatic N) is 4. The molecule has 9 nitrogen and oxygen atoms in total. The van der Waals surface area contributed by atoms with E-state index in [1.54, 1.807) is 19.2 Å². The zero-order valence-corrected chi connectivity index (χ0v) is 19.4. The molecule has 2 aliphatic heterocycles. The number of methoxy groups -OCH3 is 1. The molecule has 180 valence electrons. The molecule has 2 aliphatic carbocycles. The number of amides is 2. The number of ether oxygens (including phenoxy) is 1. The zero-order chi connectivity index (χ0) is 24.3. The molecule has 2 heterocycles. The molecule has 0 radical (unpaired) electrons. The van der Waals surface area contributed by atoms with Crippen molar-refractivity contribution in [2.75, 3.05) is 48.0 Å². The van der Waals surface area contributed by atoms with E-state index in [0.29, 0.717) is 37.6 Å². The maximum absolute atomic E-state index is 13.1. The van der Waals surface area contributed by atoms with E-state index in [9.17, 15) is 19.7 Å². The summed E-state index contributed by atoms with van der Waals surface area (Å²) in [4.78, 5) is 43.3. The van der Waals surface area contributed by atoms with Gasteiger partial charge in [0, 0.05) is 44.0 Å². The number of carbonyl (C=O) groups is 2. The third-order valence-electron chi connectivity index (χ3n) is 7.92. The van der Waals surface area contributed by atoms with Crippen LogP contribution >= 0.6 is 0 Å². The molecule has 0 N–H and O–H groups in total. The average Bonchev–Trinajstić information content (AvgIpc) is 3.57. The van der Waals surface area contributed by atoms with Crippen molar-refractivity contribution in [3.05, 3.63) is 64.7 Å². The van der Waals surface area contributed by atoms with E-state index in [0.717, 1.165) is 17.9 Å². The van der Waals surface area contributed by atoms with Crippen LogP contribution in [0.25, 0.3) is 0 Å². The summed E-state index contributed by atoms with van der Waals surface area (Å²) in [6.07, 6.45) is 4.93. The summed E-state index contributed by atoms with van der Waals surface area (Å²) in [6.45, 7) is 2.62. The summed E-state index contributed by atoms with van der Waals surface area (Å²) in [7, 11) is 1.64. The molecule has 2 bridgehead atoms. The van der Waals surface area contributed by atoms with Crippen LogP contribution < -0.4 is 19.4 Å². The number of rotatable bonds is 5. The summed E-state index contributed by atoms with van der Waals surface area (Å²) in [5.41, 5.74) is 1.76. The van der Waals surface area contributed by atoms with E-state index in [1.807, 2.05) is 41.3 Å². The minimum absolute atomic E-state index is 0.0870. The van der Waals surface area contributed by atoms with Gasteiger partial charge in [-0.3, -0.25) is 19.7 Å². The van der Waals surface area contributed by atoms with Gasteiger partial charge in [0.2, 0.25) is 11.8 Å². The summed E-state index contributed by atoms with van der Waals surface area (Å²) in [6, 6.07) is 12.6. The molecule has 1 saturated carbocycles. The van der Waals surface area contributed by atoms with Crippen LogP contribution in [0.5, 0.6) is 5.75 Å². The van der Waals surface area contributed by atoms with Crippen molar-refractivity contribution >= 4 is 34.6 Å². The van der Waals surface area contributed by atoms with Crippen LogP contribution in [0.3, 0.4) is 0 Å². The minimum atomic E-state index is -0.426. The van der Waals surface area contributed by atoms with Gasteiger partial charge in [0.25, 0.3) is 5.69 Å². The Balaban J connectivity index is 1.23. The first-order valence-electron chi connectivity index (χ1n) is 11.9. The Hall–Kier alpha value is -3.88. The van der Waals surface area contributed by atoms with Crippen molar-refractivity contribution < 1.29 is 19.2 Å². The quantitative estimate of drug-likeness (QED) is 0.284. The lowest BCUT2D eigenvalue weighted by molar-refractivity contribution is -0.384. The smallest absolute Gasteiger partial charge is 0.294 e. The van der Waals surface area contributed by atoms with Crippen molar-refractivity contribution in [2.24, 2.45) is 23.7 Å². The first-order valence-corrected chi connectivity index (χ1v) is 11.9. The molecule has 0 spiro atoms. The third-order valence-corrected chi connectivity index (χ3v) is 7.92. The predicted molar refractivity (Wildman–Crippen MR) is 131 cm³/mol. The fourth-order valence-electron chi connectivity index (χ4n) is 6.23. The Morgan fingerprint density at radius 3 is 2.17 bits per heavy atom. The van der Waals surface area contributed by atoms with Gasteiger partial charge in [-0.2, -0.15) is 0 Å². The van der Waals surface area contributed by atoms with Gasteiger partial charge in [-0.05, 0) is 42.5 Å². The Bertz CT molecular complexity index is 1220. The number of anilines is 3. The highest BCUT2D eigenvalue weighted by Gasteiger charge is 2.59. The molecule has 35 heavy (non-hydrogen) atoms. The maximum Gasteiger partial charge on any atom is 0.294 e. The molecular formula is C26H26N4O5. The summed E-state index contributed by atoms with van der Waals surface area (Å²) < 4.78 is 5.32. The van der Waals surface area contributed by atoms with Gasteiger partial charge in [0.1, 0.15) is 11.4 Å². The summed E-state index contributed by atoms with van der Waals surface area (Å²) in [5.74, 6) is -0.142. The van der Waals surface area contributed by atoms with Crippen LogP contribution in [0, 0.1) is 33.8 Å². The van der Waals surface area contributed by atoms with Crippen LogP contribution in [0.2, 0.25) is 0 Å². The largest absolute Gasteiger partial charge is 0.497 e. The number of nitro groups is 1. The van der Waals surface area contributed by atoms with Crippen LogP contribution in [0.4, 0.5) is 22.7 Å². The maximum atomic E-state index is 13.1. The molecule has 2 aromatic carbocycles. The number of allylic oxidation sites excluding steroid dienone is 2. The van der Waals surface area contributed by atoms with E-state index in [-0.39, 0.29) is 41.2 Å². The number of carbonyl (C=O) groups excluding carboxylic acids is 2. The SMILES string of the molecule is COc1cccc(N2CCN(c3ccc(N4C(=O)[C@H]5[C@H](C4=O)[C@H]4C=C[C@H]5C4)cc3[N+](=O)[O-])CC2)c1. The predicted octanol–water partition coefficient (Wildman–Crippen LogP) is 3.24. The van der Waals surface area contributed by atoms with Crippen LogP contribution in [0.1, 0.15) is 6.42 Å². The topological polar surface area (TPSA) is 96.2 Å². The standard InChI is InChI=1S/C26H26N4O5/c1-35-20-4-2-3-18(14-20)27-9-11-28(12-10-27)21-8-7-19(15-22(21)30(33)34)29-25(31)23-16-5-6-17(13-16)24(23)26(29)32/h2-8,14-17,23-24H,9-13H2,1H3/t16-,17-,23+,24+/m0/s1. The van der Waals surface area contributed by atoms with Gasteiger partial charge >= 0.3 is 0 Å². The number of hydrogen-bond acceptors (Lipinski definition) is 7. The number of imide groups is 1. The molecule has 2 saturated heterocycles. The monoisotopic (exact) mass is 474 g/mol. The zero-order valence-electron chi connectivity index (χ0n) is 19.4. The van der Waals surface area contributed by atoms with Gasteiger partial charge in [-0.1, -0.05) is 18.2 Å². The van der Waals surface area contributed by atoms with Crippen molar-refractivity contribution in [2.45, 2.75) is 6.42 Å². The van der Waals surface area contributed by atoms with Gasteiger partial charge in [0.15, 0.2) is 0 Å². The first kappa shape index (κ1) is 21.6. The van der Waals surface area contributed by atoms with E-state index >= 15 is 0 Å². The van der Waals surface area contributed by atoms with Gasteiger partial charge in [-0.15, -0.1) is 0 Å². The van der Waals surface area contributed by atoms with Crippen molar-refractivity contribution in [3.63, 3.8) is 0 Å². The lowest BCUT2D eigenvalue weighted by Crippen LogP contribution is -2.46. The number of piperazine rings is 1. The molecule has 4 atom stereocenters. The molecule has 0 unspecified atom stereocenters. The molecule has 9 heteroatoms. The molecule has 2 aromatic rings. The molecule has 0 aromatic heterocycles. The summed E-state index contributed by atoms with van der Waals surface area (Å²) >= 11 is 0. The molecule has 6 rings (SSSR count). The minimum Gasteiger partial charge on any atom is -0.497 e. The van der Waals surface area contributed by atoms with Crippen molar-refractivity contribution in [3.8, 4) is 5.75 Å². The normalized spacial score (nSPS) is 27.1. The Labute approximate surface area is 202 Å². The fraction of sp³-hybridized carbons (Fsp3) is 0.385. The van der Waals surface area contributed by atoms with Gasteiger partial charge in [0.05, 0.1) is 29.6 Å². The number of benzene rings is 2. The molecule has 3 fully saturated rings. The number of hydrogen-bond donors (Lipinski definition) is 0. The highest BCUT2D eigenvalue weighted by molar-refractivity contribution is 6.23. The highest BCUT2D eigenvalue weighted by Crippen LogP contribution is 2.53. The fourth-order valence-corrected chi connectivity index (χ4v) is 6.23. The lowest BCUT2D eigenvalue weighted by Gasteiger charge is -2.37. The summed E-state index contributed by atoms with van der Waals surface area (Å²) in [5, 5.41) is 12.0. The van der Waals surface area contributed by atoms with Crippen molar-refractivity contribution in [1.82, 2.24) is 0 Å². The second kappa shape index (κ2) is 8.11. The van der Waals surface area contributed by atoms with Crippen LogP contribution in [-0.4, -0.2) is 50.0 Å². The highest BCUT2D eigenvalue weighted by atomic mass is 16.6. The second-order valence-electron chi connectivity index (χ2n) is 9.62. The second-order valence-corrected chi connectivity index (χ2v) is 9.62. The van der Waals surface area contributed by atoms with Gasteiger partial charge < -0.3 is 14.5 Å². The third kappa shape index (κ3) is 3.37. The Morgan fingerprint density at radius 2 is 1.54 bits per heavy atom. The first-order chi connectivity index (χ1) is 17.0. The van der Waals surface area contributed by atoms with E-state index < -0.39 is 4.92 Å². The molecule has 2 amide bonds.